The van der Waals surface area contributed by atoms with E-state index < -0.39 is 20.1 Å². The number of phosphoric ester groups is 1. The van der Waals surface area contributed by atoms with E-state index in [9.17, 15) is 9.36 Å². The summed E-state index contributed by atoms with van der Waals surface area (Å²) in [5.74, 6) is 1.03. The summed E-state index contributed by atoms with van der Waals surface area (Å²) in [6.45, 7) is 8.32. The van der Waals surface area contributed by atoms with E-state index in [4.69, 9.17) is 14.2 Å². The van der Waals surface area contributed by atoms with Gasteiger partial charge in [0.15, 0.2) is 0 Å². The van der Waals surface area contributed by atoms with E-state index in [2.05, 4.69) is 18.4 Å². The number of thioether (sulfide) groups is 1. The van der Waals surface area contributed by atoms with Gasteiger partial charge >= 0.3 is 14.0 Å². The Morgan fingerprint density at radius 1 is 0.794 bits per heavy atom. The topological polar surface area (TPSA) is 82.1 Å². The summed E-state index contributed by atoms with van der Waals surface area (Å²) in [5, 5.41) is 9.13. The van der Waals surface area contributed by atoms with E-state index in [0.717, 1.165) is 25.0 Å². The summed E-state index contributed by atoms with van der Waals surface area (Å²) in [7, 11) is -4.14. The normalized spacial score (nSPS) is 15.1. The smallest absolute Gasteiger partial charge is 0.449 e. The van der Waals surface area contributed by atoms with Gasteiger partial charge in [-0.2, -0.15) is 11.8 Å². The fraction of sp³-hybridized carbons (Fsp3) is 0.962. The molecule has 0 rings (SSSR count). The number of hydrogen-bond donors (Lipinski definition) is 1. The molecule has 1 N–H and O–H groups in total. The van der Waals surface area contributed by atoms with Crippen LogP contribution in [-0.4, -0.2) is 35.0 Å². The van der Waals surface area contributed by atoms with Gasteiger partial charge in [-0.1, -0.05) is 111 Å². The van der Waals surface area contributed by atoms with Gasteiger partial charge in [0.2, 0.25) is 0 Å². The van der Waals surface area contributed by atoms with Crippen molar-refractivity contribution in [3.05, 3.63) is 0 Å². The highest BCUT2D eigenvalue weighted by Crippen LogP contribution is 2.52. The molecule has 34 heavy (non-hydrogen) atoms. The SMILES string of the molecule is CCCCCCCCCCSC(CCCCCCCCC)C(C)OP(=O)(OCCC)OC(=O)O. The van der Waals surface area contributed by atoms with Gasteiger partial charge in [-0.3, -0.25) is 9.05 Å². The minimum Gasteiger partial charge on any atom is -0.449 e. The molecule has 3 unspecified atom stereocenters. The van der Waals surface area contributed by atoms with Crippen LogP contribution in [0.5, 0.6) is 0 Å². The lowest BCUT2D eigenvalue weighted by Crippen LogP contribution is -2.24. The summed E-state index contributed by atoms with van der Waals surface area (Å²) in [6.07, 6.45) is 18.5. The molecule has 0 aliphatic heterocycles. The van der Waals surface area contributed by atoms with Crippen LogP contribution in [0.3, 0.4) is 0 Å². The van der Waals surface area contributed by atoms with E-state index in [0.29, 0.717) is 6.42 Å². The van der Waals surface area contributed by atoms with Crippen molar-refractivity contribution in [2.24, 2.45) is 0 Å². The first-order chi connectivity index (χ1) is 16.4. The number of carbonyl (C=O) groups is 1. The van der Waals surface area contributed by atoms with Crippen LogP contribution in [0.15, 0.2) is 0 Å². The number of carboxylic acid groups (broad SMARTS) is 1. The van der Waals surface area contributed by atoms with Crippen LogP contribution in [0.4, 0.5) is 4.79 Å². The fourth-order valence-electron chi connectivity index (χ4n) is 3.88. The molecule has 0 aromatic heterocycles. The Morgan fingerprint density at radius 3 is 1.79 bits per heavy atom. The molecule has 0 aliphatic rings. The number of hydrogen-bond acceptors (Lipinski definition) is 6. The third kappa shape index (κ3) is 20.0. The molecule has 0 aromatic rings. The van der Waals surface area contributed by atoms with Gasteiger partial charge in [-0.15, -0.1) is 0 Å². The Kier molecular flexibility index (Phi) is 23.0. The summed E-state index contributed by atoms with van der Waals surface area (Å²) < 4.78 is 28.3. The molecule has 8 heteroatoms. The van der Waals surface area contributed by atoms with Gasteiger partial charge in [-0.05, 0) is 31.9 Å². The van der Waals surface area contributed by atoms with Crippen molar-refractivity contribution in [2.75, 3.05) is 12.4 Å². The van der Waals surface area contributed by atoms with Gasteiger partial charge < -0.3 is 9.63 Å². The molecule has 204 valence electrons. The van der Waals surface area contributed by atoms with E-state index in [-0.39, 0.29) is 11.9 Å². The second kappa shape index (κ2) is 23.2. The molecular weight excluding hydrogens is 471 g/mol. The van der Waals surface area contributed by atoms with Crippen molar-refractivity contribution in [1.82, 2.24) is 0 Å². The second-order valence-corrected chi connectivity index (χ2v) is 12.1. The zero-order chi connectivity index (χ0) is 25.5. The van der Waals surface area contributed by atoms with Crippen molar-refractivity contribution in [1.29, 1.82) is 0 Å². The zero-order valence-electron chi connectivity index (χ0n) is 22.4. The maximum absolute atomic E-state index is 12.8. The Labute approximate surface area is 214 Å². The van der Waals surface area contributed by atoms with Crippen LogP contribution in [0, 0.1) is 0 Å². The minimum absolute atomic E-state index is 0.130. The van der Waals surface area contributed by atoms with Gasteiger partial charge in [0.05, 0.1) is 12.7 Å². The monoisotopic (exact) mass is 524 g/mol. The molecule has 0 saturated heterocycles. The van der Waals surface area contributed by atoms with Gasteiger partial charge in [0, 0.05) is 5.25 Å². The largest absolute Gasteiger partial charge is 0.534 e. The first kappa shape index (κ1) is 33.8. The molecule has 0 radical (unpaired) electrons. The van der Waals surface area contributed by atoms with Crippen molar-refractivity contribution in [3.63, 3.8) is 0 Å². The summed E-state index contributed by atoms with van der Waals surface area (Å²) >= 11 is 1.85. The molecule has 6 nitrogen and oxygen atoms in total. The molecule has 0 aromatic carbocycles. The Balaban J connectivity index is 4.64. The van der Waals surface area contributed by atoms with E-state index in [1.807, 2.05) is 25.6 Å². The summed E-state index contributed by atoms with van der Waals surface area (Å²) in [5.41, 5.74) is 0. The van der Waals surface area contributed by atoms with E-state index in [1.165, 1.54) is 83.5 Å². The minimum atomic E-state index is -4.14. The predicted octanol–water partition coefficient (Wildman–Crippen LogP) is 10.0. The van der Waals surface area contributed by atoms with E-state index >= 15 is 0 Å². The van der Waals surface area contributed by atoms with Crippen LogP contribution < -0.4 is 0 Å². The summed E-state index contributed by atoms with van der Waals surface area (Å²) in [4.78, 5) is 11.0. The Hall–Kier alpha value is -0.230. The highest BCUT2D eigenvalue weighted by atomic mass is 32.2. The molecule has 0 amide bonds. The number of rotatable bonds is 25. The van der Waals surface area contributed by atoms with Gasteiger partial charge in [-0.25, -0.2) is 9.36 Å². The molecule has 3 atom stereocenters. The lowest BCUT2D eigenvalue weighted by molar-refractivity contribution is 0.0764. The third-order valence-corrected chi connectivity index (χ3v) is 8.93. The average Bonchev–Trinajstić information content (AvgIpc) is 2.79. The lowest BCUT2D eigenvalue weighted by atomic mass is 10.1. The standard InChI is InChI=1S/C26H53O6PS/c1-5-8-10-12-14-16-18-20-23-34-25(21-19-17-15-13-11-9-6-2)24(4)31-33(29,30-22-7-3)32-26(27)28/h24-25H,5-23H2,1-4H3,(H,27,28). The molecule has 0 bridgehead atoms. The van der Waals surface area contributed by atoms with Gasteiger partial charge in [0.1, 0.15) is 0 Å². The number of phosphoric acid groups is 1. The highest BCUT2D eigenvalue weighted by Gasteiger charge is 2.35. The molecule has 0 aliphatic carbocycles. The van der Waals surface area contributed by atoms with Crippen LogP contribution in [0.2, 0.25) is 0 Å². The Morgan fingerprint density at radius 2 is 1.29 bits per heavy atom. The van der Waals surface area contributed by atoms with E-state index in [1.54, 1.807) is 0 Å². The van der Waals surface area contributed by atoms with Crippen molar-refractivity contribution in [2.45, 2.75) is 148 Å². The van der Waals surface area contributed by atoms with Crippen molar-refractivity contribution >= 4 is 25.7 Å². The predicted molar refractivity (Wildman–Crippen MR) is 145 cm³/mol. The number of unbranched alkanes of at least 4 members (excludes halogenated alkanes) is 13. The highest BCUT2D eigenvalue weighted by molar-refractivity contribution is 7.99. The van der Waals surface area contributed by atoms with Crippen LogP contribution in [0.1, 0.15) is 137 Å². The lowest BCUT2D eigenvalue weighted by Gasteiger charge is -2.26. The molecular formula is C26H53O6PS. The Bertz CT molecular complexity index is 520. The zero-order valence-corrected chi connectivity index (χ0v) is 24.1. The molecule has 0 heterocycles. The molecule has 0 fully saturated rings. The third-order valence-electron chi connectivity index (χ3n) is 5.88. The maximum Gasteiger partial charge on any atom is 0.534 e. The van der Waals surface area contributed by atoms with Crippen LogP contribution in [0.25, 0.3) is 0 Å². The van der Waals surface area contributed by atoms with Crippen LogP contribution in [-0.2, 0) is 18.1 Å². The van der Waals surface area contributed by atoms with Crippen molar-refractivity contribution < 1.29 is 28.0 Å². The second-order valence-electron chi connectivity index (χ2n) is 9.24. The average molecular weight is 525 g/mol. The summed E-state index contributed by atoms with van der Waals surface area (Å²) in [6, 6.07) is 0. The van der Waals surface area contributed by atoms with Crippen LogP contribution >= 0.6 is 19.6 Å². The quantitative estimate of drug-likeness (QED) is 0.0939. The molecule has 0 spiro atoms. The van der Waals surface area contributed by atoms with Crippen molar-refractivity contribution in [3.8, 4) is 0 Å². The van der Waals surface area contributed by atoms with Gasteiger partial charge in [0.25, 0.3) is 0 Å². The first-order valence-electron chi connectivity index (χ1n) is 13.9. The first-order valence-corrected chi connectivity index (χ1v) is 16.4. The maximum atomic E-state index is 12.8. The fourth-order valence-corrected chi connectivity index (χ4v) is 6.60. The molecule has 0 saturated carbocycles.